The van der Waals surface area contributed by atoms with E-state index in [1.165, 1.54) is 11.6 Å². The summed E-state index contributed by atoms with van der Waals surface area (Å²) in [6.45, 7) is 6.18. The van der Waals surface area contributed by atoms with E-state index in [0.29, 0.717) is 0 Å². The van der Waals surface area contributed by atoms with Crippen molar-refractivity contribution in [1.82, 2.24) is 9.80 Å². The SMILES string of the molecule is C[C@@H](C(=O)Nc1ccc(F)c(F)c1)N1CCN(Cc2ccsc2)CC1. The van der Waals surface area contributed by atoms with Gasteiger partial charge in [-0.25, -0.2) is 8.78 Å². The lowest BCUT2D eigenvalue weighted by molar-refractivity contribution is -0.121. The summed E-state index contributed by atoms with van der Waals surface area (Å²) in [6.07, 6.45) is 0. The second-order valence-corrected chi connectivity index (χ2v) is 7.02. The Hall–Kier alpha value is -1.83. The highest BCUT2D eigenvalue weighted by Crippen LogP contribution is 2.16. The molecule has 1 atom stereocenters. The van der Waals surface area contributed by atoms with Gasteiger partial charge in [-0.05, 0) is 41.4 Å². The second-order valence-electron chi connectivity index (χ2n) is 6.24. The largest absolute Gasteiger partial charge is 0.325 e. The average molecular weight is 365 g/mol. The van der Waals surface area contributed by atoms with Gasteiger partial charge in [0.05, 0.1) is 6.04 Å². The summed E-state index contributed by atoms with van der Waals surface area (Å²) in [5, 5.41) is 6.89. The third-order valence-corrected chi connectivity index (χ3v) is 5.24. The molecule has 4 nitrogen and oxygen atoms in total. The minimum atomic E-state index is -0.965. The predicted molar refractivity (Wildman–Crippen MR) is 95.6 cm³/mol. The van der Waals surface area contributed by atoms with Crippen molar-refractivity contribution >= 4 is 22.9 Å². The van der Waals surface area contributed by atoms with Crippen molar-refractivity contribution in [3.8, 4) is 0 Å². The third-order valence-electron chi connectivity index (χ3n) is 4.51. The van der Waals surface area contributed by atoms with Gasteiger partial charge in [-0.2, -0.15) is 11.3 Å². The topological polar surface area (TPSA) is 35.6 Å². The van der Waals surface area contributed by atoms with Gasteiger partial charge in [-0.1, -0.05) is 0 Å². The molecule has 0 aliphatic carbocycles. The van der Waals surface area contributed by atoms with Crippen LogP contribution in [0.2, 0.25) is 0 Å². The van der Waals surface area contributed by atoms with Crippen LogP contribution in [0.3, 0.4) is 0 Å². The molecule has 1 saturated heterocycles. The number of carbonyl (C=O) groups is 1. The van der Waals surface area contributed by atoms with E-state index < -0.39 is 11.6 Å². The maximum Gasteiger partial charge on any atom is 0.241 e. The Balaban J connectivity index is 1.50. The molecule has 0 bridgehead atoms. The van der Waals surface area contributed by atoms with Gasteiger partial charge < -0.3 is 5.32 Å². The molecule has 1 aliphatic rings. The maximum atomic E-state index is 13.2. The molecule has 25 heavy (non-hydrogen) atoms. The van der Waals surface area contributed by atoms with Crippen LogP contribution in [0, 0.1) is 11.6 Å². The molecule has 0 spiro atoms. The van der Waals surface area contributed by atoms with Crippen LogP contribution in [-0.4, -0.2) is 47.9 Å². The summed E-state index contributed by atoms with van der Waals surface area (Å²) in [7, 11) is 0. The molecule has 1 aromatic carbocycles. The number of hydrogen-bond donors (Lipinski definition) is 1. The number of nitrogens with one attached hydrogen (secondary N) is 1. The van der Waals surface area contributed by atoms with Crippen LogP contribution in [0.4, 0.5) is 14.5 Å². The molecule has 1 aromatic heterocycles. The second kappa shape index (κ2) is 8.03. The standard InChI is InChI=1S/C18H21F2N3OS/c1-13(18(24)21-15-2-3-16(19)17(20)10-15)23-7-5-22(6-8-23)11-14-4-9-25-12-14/h2-4,9-10,12-13H,5-8,11H2,1H3,(H,21,24)/t13-/m0/s1. The summed E-state index contributed by atoms with van der Waals surface area (Å²) >= 11 is 1.70. The van der Waals surface area contributed by atoms with Gasteiger partial charge in [-0.3, -0.25) is 14.6 Å². The molecule has 0 unspecified atom stereocenters. The highest BCUT2D eigenvalue weighted by Gasteiger charge is 2.25. The molecule has 2 aromatic rings. The fourth-order valence-electron chi connectivity index (χ4n) is 2.94. The van der Waals surface area contributed by atoms with Crippen LogP contribution in [0.5, 0.6) is 0 Å². The van der Waals surface area contributed by atoms with Crippen molar-refractivity contribution in [1.29, 1.82) is 0 Å². The van der Waals surface area contributed by atoms with E-state index in [1.54, 1.807) is 11.3 Å². The van der Waals surface area contributed by atoms with Crippen molar-refractivity contribution in [2.75, 3.05) is 31.5 Å². The Bertz CT molecular complexity index is 715. The number of piperazine rings is 1. The van der Waals surface area contributed by atoms with E-state index in [0.717, 1.165) is 44.9 Å². The summed E-state index contributed by atoms with van der Waals surface area (Å²) < 4.78 is 26.2. The fraction of sp³-hybridized carbons (Fsp3) is 0.389. The smallest absolute Gasteiger partial charge is 0.241 e. The number of halogens is 2. The first-order valence-corrected chi connectivity index (χ1v) is 9.20. The van der Waals surface area contributed by atoms with Crippen LogP contribution >= 0.6 is 11.3 Å². The van der Waals surface area contributed by atoms with Crippen molar-refractivity contribution < 1.29 is 13.6 Å². The number of thiophene rings is 1. The van der Waals surface area contributed by atoms with Crippen LogP contribution in [-0.2, 0) is 11.3 Å². The number of benzene rings is 1. The lowest BCUT2D eigenvalue weighted by Gasteiger charge is -2.37. The zero-order valence-corrected chi connectivity index (χ0v) is 14.9. The highest BCUT2D eigenvalue weighted by molar-refractivity contribution is 7.07. The van der Waals surface area contributed by atoms with Gasteiger partial charge >= 0.3 is 0 Å². The Morgan fingerprint density at radius 2 is 1.96 bits per heavy atom. The van der Waals surface area contributed by atoms with Gasteiger partial charge in [0.25, 0.3) is 0 Å². The van der Waals surface area contributed by atoms with Crippen LogP contribution in [0.15, 0.2) is 35.0 Å². The highest BCUT2D eigenvalue weighted by atomic mass is 32.1. The molecule has 1 N–H and O–H groups in total. The van der Waals surface area contributed by atoms with Crippen LogP contribution in [0.25, 0.3) is 0 Å². The lowest BCUT2D eigenvalue weighted by atomic mass is 10.2. The Labute approximate surface area is 150 Å². The maximum absolute atomic E-state index is 13.2. The monoisotopic (exact) mass is 365 g/mol. The van der Waals surface area contributed by atoms with Crippen LogP contribution < -0.4 is 5.32 Å². The number of rotatable bonds is 5. The molecule has 2 heterocycles. The Kier molecular flexibility index (Phi) is 5.78. The molecule has 1 aliphatic heterocycles. The first-order valence-electron chi connectivity index (χ1n) is 8.26. The Morgan fingerprint density at radius 3 is 2.60 bits per heavy atom. The summed E-state index contributed by atoms with van der Waals surface area (Å²) in [5.74, 6) is -2.10. The molecule has 1 fully saturated rings. The van der Waals surface area contributed by atoms with Gasteiger partial charge in [-0.15, -0.1) is 0 Å². The molecule has 3 rings (SSSR count). The summed E-state index contributed by atoms with van der Waals surface area (Å²) in [6, 6.07) is 5.19. The van der Waals surface area contributed by atoms with E-state index in [-0.39, 0.29) is 17.6 Å². The van der Waals surface area contributed by atoms with E-state index >= 15 is 0 Å². The predicted octanol–water partition coefficient (Wildman–Crippen LogP) is 3.17. The number of amides is 1. The average Bonchev–Trinajstić information content (AvgIpc) is 3.11. The third kappa shape index (κ3) is 4.62. The summed E-state index contributed by atoms with van der Waals surface area (Å²) in [5.41, 5.74) is 1.59. The van der Waals surface area contributed by atoms with E-state index in [9.17, 15) is 13.6 Å². The minimum Gasteiger partial charge on any atom is -0.325 e. The van der Waals surface area contributed by atoms with E-state index in [1.807, 2.05) is 6.92 Å². The number of carbonyl (C=O) groups excluding carboxylic acids is 1. The molecule has 1 amide bonds. The fourth-order valence-corrected chi connectivity index (χ4v) is 3.60. The van der Waals surface area contributed by atoms with Crippen LogP contribution in [0.1, 0.15) is 12.5 Å². The van der Waals surface area contributed by atoms with E-state index in [2.05, 4.69) is 31.9 Å². The zero-order chi connectivity index (χ0) is 17.8. The Morgan fingerprint density at radius 1 is 1.20 bits per heavy atom. The van der Waals surface area contributed by atoms with Crippen molar-refractivity contribution in [2.24, 2.45) is 0 Å². The van der Waals surface area contributed by atoms with Crippen molar-refractivity contribution in [3.05, 3.63) is 52.2 Å². The minimum absolute atomic E-state index is 0.211. The van der Waals surface area contributed by atoms with Gasteiger partial charge in [0.2, 0.25) is 5.91 Å². The van der Waals surface area contributed by atoms with Crippen molar-refractivity contribution in [2.45, 2.75) is 19.5 Å². The molecular formula is C18H21F2N3OS. The number of anilines is 1. The first kappa shape index (κ1) is 18.0. The van der Waals surface area contributed by atoms with Gasteiger partial charge in [0.1, 0.15) is 0 Å². The first-order chi connectivity index (χ1) is 12.0. The van der Waals surface area contributed by atoms with Gasteiger partial charge in [0, 0.05) is 44.5 Å². The van der Waals surface area contributed by atoms with E-state index in [4.69, 9.17) is 0 Å². The quantitative estimate of drug-likeness (QED) is 0.884. The summed E-state index contributed by atoms with van der Waals surface area (Å²) in [4.78, 5) is 16.8. The molecule has 7 heteroatoms. The molecule has 134 valence electrons. The molecular weight excluding hydrogens is 344 g/mol. The normalized spacial score (nSPS) is 17.4. The number of hydrogen-bond acceptors (Lipinski definition) is 4. The zero-order valence-electron chi connectivity index (χ0n) is 14.0. The number of nitrogens with zero attached hydrogens (tertiary/aromatic N) is 2. The van der Waals surface area contributed by atoms with Gasteiger partial charge in [0.15, 0.2) is 11.6 Å². The lowest BCUT2D eigenvalue weighted by Crippen LogP contribution is -2.52. The molecule has 0 radical (unpaired) electrons. The van der Waals surface area contributed by atoms with Crippen molar-refractivity contribution in [3.63, 3.8) is 0 Å². The molecule has 0 saturated carbocycles.